The van der Waals surface area contributed by atoms with Crippen molar-refractivity contribution in [3.63, 3.8) is 0 Å². The van der Waals surface area contributed by atoms with Gasteiger partial charge in [-0.15, -0.1) is 17.9 Å². The predicted octanol–water partition coefficient (Wildman–Crippen LogP) is 4.63. The molecule has 25 heavy (non-hydrogen) atoms. The SMILES string of the molecule is C=CCN1CCC(N(C(=O)Cc2cccs2)c2ccc(Cl)cc2)CC1. The van der Waals surface area contributed by atoms with E-state index in [9.17, 15) is 4.79 Å². The molecule has 0 spiro atoms. The van der Waals surface area contributed by atoms with Crippen molar-refractivity contribution in [3.05, 3.63) is 64.3 Å². The summed E-state index contributed by atoms with van der Waals surface area (Å²) in [4.78, 5) is 18.5. The summed E-state index contributed by atoms with van der Waals surface area (Å²) < 4.78 is 0. The molecular formula is C20H23ClN2OS. The van der Waals surface area contributed by atoms with Crippen molar-refractivity contribution in [2.75, 3.05) is 24.5 Å². The number of benzene rings is 1. The number of hydrogen-bond acceptors (Lipinski definition) is 3. The van der Waals surface area contributed by atoms with Crippen LogP contribution in [-0.2, 0) is 11.2 Å². The highest BCUT2D eigenvalue weighted by atomic mass is 35.5. The predicted molar refractivity (Wildman–Crippen MR) is 107 cm³/mol. The number of halogens is 1. The minimum atomic E-state index is 0.159. The molecule has 5 heteroatoms. The zero-order chi connectivity index (χ0) is 17.6. The van der Waals surface area contributed by atoms with Crippen LogP contribution in [0.15, 0.2) is 54.4 Å². The lowest BCUT2D eigenvalue weighted by Crippen LogP contribution is -2.48. The standard InChI is InChI=1S/C20H23ClN2OS/c1-2-11-22-12-9-18(10-13-22)23(17-7-5-16(21)6-8-17)20(24)15-19-4-3-14-25-19/h2-8,14,18H,1,9-13,15H2. The highest BCUT2D eigenvalue weighted by molar-refractivity contribution is 7.10. The Hall–Kier alpha value is -1.62. The van der Waals surface area contributed by atoms with Crippen molar-refractivity contribution in [2.45, 2.75) is 25.3 Å². The molecule has 1 amide bonds. The van der Waals surface area contributed by atoms with Gasteiger partial charge in [-0.1, -0.05) is 23.7 Å². The first-order chi connectivity index (χ1) is 12.2. The number of amides is 1. The molecule has 2 heterocycles. The molecule has 0 unspecified atom stereocenters. The minimum Gasteiger partial charge on any atom is -0.309 e. The first-order valence-electron chi connectivity index (χ1n) is 8.60. The lowest BCUT2D eigenvalue weighted by Gasteiger charge is -2.38. The number of rotatable bonds is 6. The van der Waals surface area contributed by atoms with Gasteiger partial charge in [-0.05, 0) is 48.6 Å². The molecule has 1 saturated heterocycles. The zero-order valence-corrected chi connectivity index (χ0v) is 15.8. The second-order valence-electron chi connectivity index (χ2n) is 6.32. The molecule has 1 aromatic carbocycles. The van der Waals surface area contributed by atoms with Crippen molar-refractivity contribution in [1.82, 2.24) is 4.90 Å². The van der Waals surface area contributed by atoms with Crippen molar-refractivity contribution in [2.24, 2.45) is 0 Å². The van der Waals surface area contributed by atoms with E-state index < -0.39 is 0 Å². The average molecular weight is 375 g/mol. The molecule has 0 saturated carbocycles. The fourth-order valence-corrected chi connectivity index (χ4v) is 4.17. The minimum absolute atomic E-state index is 0.159. The van der Waals surface area contributed by atoms with E-state index in [0.29, 0.717) is 11.4 Å². The summed E-state index contributed by atoms with van der Waals surface area (Å²) in [6, 6.07) is 11.9. The van der Waals surface area contributed by atoms with Gasteiger partial charge in [0.05, 0.1) is 6.42 Å². The van der Waals surface area contributed by atoms with Crippen LogP contribution in [-0.4, -0.2) is 36.5 Å². The highest BCUT2D eigenvalue weighted by Gasteiger charge is 2.29. The van der Waals surface area contributed by atoms with Crippen LogP contribution in [0.25, 0.3) is 0 Å². The summed E-state index contributed by atoms with van der Waals surface area (Å²) in [6.45, 7) is 6.72. The molecule has 1 fully saturated rings. The normalized spacial score (nSPS) is 15.9. The fraction of sp³-hybridized carbons (Fsp3) is 0.350. The summed E-state index contributed by atoms with van der Waals surface area (Å²) in [7, 11) is 0. The number of nitrogens with zero attached hydrogens (tertiary/aromatic N) is 2. The van der Waals surface area contributed by atoms with E-state index in [1.54, 1.807) is 11.3 Å². The first kappa shape index (κ1) is 18.2. The van der Waals surface area contributed by atoms with Crippen LogP contribution >= 0.6 is 22.9 Å². The molecule has 0 N–H and O–H groups in total. The molecule has 0 atom stereocenters. The Bertz CT molecular complexity index is 691. The number of carbonyl (C=O) groups is 1. The van der Waals surface area contributed by atoms with Gasteiger partial charge in [0.25, 0.3) is 0 Å². The van der Waals surface area contributed by atoms with Crippen LogP contribution in [0.4, 0.5) is 5.69 Å². The number of anilines is 1. The molecule has 2 aromatic rings. The van der Waals surface area contributed by atoms with Crippen molar-refractivity contribution < 1.29 is 4.79 Å². The third-order valence-corrected chi connectivity index (χ3v) is 5.72. The number of carbonyl (C=O) groups excluding carboxylic acids is 1. The topological polar surface area (TPSA) is 23.6 Å². The zero-order valence-electron chi connectivity index (χ0n) is 14.2. The van der Waals surface area contributed by atoms with E-state index in [-0.39, 0.29) is 11.9 Å². The fourth-order valence-electron chi connectivity index (χ4n) is 3.35. The second kappa shape index (κ2) is 8.65. The van der Waals surface area contributed by atoms with E-state index >= 15 is 0 Å². The smallest absolute Gasteiger partial charge is 0.232 e. The van der Waals surface area contributed by atoms with Crippen LogP contribution in [0.1, 0.15) is 17.7 Å². The number of thiophene rings is 1. The van der Waals surface area contributed by atoms with Gasteiger partial charge in [-0.25, -0.2) is 0 Å². The molecule has 1 aliphatic rings. The van der Waals surface area contributed by atoms with Crippen molar-refractivity contribution in [1.29, 1.82) is 0 Å². The summed E-state index contributed by atoms with van der Waals surface area (Å²) in [5, 5.41) is 2.71. The van der Waals surface area contributed by atoms with Crippen LogP contribution in [0.3, 0.4) is 0 Å². The van der Waals surface area contributed by atoms with Gasteiger partial charge in [0, 0.05) is 41.3 Å². The third kappa shape index (κ3) is 4.72. The van der Waals surface area contributed by atoms with E-state index in [2.05, 4.69) is 11.5 Å². The summed E-state index contributed by atoms with van der Waals surface area (Å²) in [5.41, 5.74) is 0.938. The van der Waals surface area contributed by atoms with Gasteiger partial charge in [-0.3, -0.25) is 9.69 Å². The number of piperidine rings is 1. The Kier molecular flexibility index (Phi) is 6.29. The molecule has 132 valence electrons. The van der Waals surface area contributed by atoms with Gasteiger partial charge >= 0.3 is 0 Å². The highest BCUT2D eigenvalue weighted by Crippen LogP contribution is 2.26. The molecule has 1 aromatic heterocycles. The lowest BCUT2D eigenvalue weighted by molar-refractivity contribution is -0.118. The van der Waals surface area contributed by atoms with E-state index in [0.717, 1.165) is 43.0 Å². The van der Waals surface area contributed by atoms with Crippen LogP contribution < -0.4 is 4.90 Å². The third-order valence-electron chi connectivity index (χ3n) is 4.59. The maximum Gasteiger partial charge on any atom is 0.232 e. The van der Waals surface area contributed by atoms with Gasteiger partial charge in [-0.2, -0.15) is 0 Å². The number of hydrogen-bond donors (Lipinski definition) is 0. The summed E-state index contributed by atoms with van der Waals surface area (Å²) >= 11 is 7.66. The average Bonchev–Trinajstić information content (AvgIpc) is 3.11. The second-order valence-corrected chi connectivity index (χ2v) is 7.79. The Morgan fingerprint density at radius 3 is 2.60 bits per heavy atom. The molecule has 3 nitrogen and oxygen atoms in total. The van der Waals surface area contributed by atoms with Crippen molar-refractivity contribution >= 4 is 34.5 Å². The van der Waals surface area contributed by atoms with Gasteiger partial charge in [0.15, 0.2) is 0 Å². The lowest BCUT2D eigenvalue weighted by atomic mass is 10.0. The van der Waals surface area contributed by atoms with Crippen LogP contribution in [0, 0.1) is 0 Å². The Labute approximate surface area is 158 Å². The molecular weight excluding hydrogens is 352 g/mol. The maximum absolute atomic E-state index is 13.1. The van der Waals surface area contributed by atoms with Crippen molar-refractivity contribution in [3.8, 4) is 0 Å². The largest absolute Gasteiger partial charge is 0.309 e. The van der Waals surface area contributed by atoms with Gasteiger partial charge < -0.3 is 4.90 Å². The quantitative estimate of drug-likeness (QED) is 0.688. The van der Waals surface area contributed by atoms with E-state index in [1.807, 2.05) is 52.8 Å². The summed E-state index contributed by atoms with van der Waals surface area (Å²) in [5.74, 6) is 0.159. The van der Waals surface area contributed by atoms with Gasteiger partial charge in [0.1, 0.15) is 0 Å². The molecule has 1 aliphatic heterocycles. The molecule has 3 rings (SSSR count). The number of likely N-dealkylation sites (tertiary alicyclic amines) is 1. The molecule has 0 bridgehead atoms. The monoisotopic (exact) mass is 374 g/mol. The Morgan fingerprint density at radius 2 is 2.00 bits per heavy atom. The summed E-state index contributed by atoms with van der Waals surface area (Å²) in [6.07, 6.45) is 4.35. The Morgan fingerprint density at radius 1 is 1.28 bits per heavy atom. The van der Waals surface area contributed by atoms with Gasteiger partial charge in [0.2, 0.25) is 5.91 Å². The van der Waals surface area contributed by atoms with Crippen LogP contribution in [0.5, 0.6) is 0 Å². The van der Waals surface area contributed by atoms with E-state index in [1.165, 1.54) is 0 Å². The maximum atomic E-state index is 13.1. The van der Waals surface area contributed by atoms with E-state index in [4.69, 9.17) is 11.6 Å². The Balaban J connectivity index is 1.78. The first-order valence-corrected chi connectivity index (χ1v) is 9.86. The van der Waals surface area contributed by atoms with Crippen LogP contribution in [0.2, 0.25) is 5.02 Å². The molecule has 0 aliphatic carbocycles. The molecule has 0 radical (unpaired) electrons.